The first-order chi connectivity index (χ1) is 14.1. The van der Waals surface area contributed by atoms with Crippen LogP contribution in [0, 0.1) is 5.82 Å². The van der Waals surface area contributed by atoms with Crippen molar-refractivity contribution in [2.45, 2.75) is 25.7 Å². The number of anilines is 2. The molecule has 0 spiro atoms. The van der Waals surface area contributed by atoms with E-state index >= 15 is 0 Å². The Hall–Kier alpha value is -3.19. The van der Waals surface area contributed by atoms with E-state index in [2.05, 4.69) is 5.32 Å². The standard InChI is InChI=1S/C22H18FN3O2S/c23-12-7-9-13(10-8-12)25-21(27)20-19(24)18-17(16-6-3-11-28-16)14-4-1-2-5-15(14)26-22(18)29-20/h3,6-11H,1-2,4-5,24H2,(H,25,27). The number of hydrogen-bond acceptors (Lipinski definition) is 5. The Morgan fingerprint density at radius 2 is 1.97 bits per heavy atom. The summed E-state index contributed by atoms with van der Waals surface area (Å²) in [6.07, 6.45) is 5.66. The topological polar surface area (TPSA) is 81.2 Å². The molecule has 0 saturated carbocycles. The van der Waals surface area contributed by atoms with Crippen molar-refractivity contribution in [1.29, 1.82) is 0 Å². The third kappa shape index (κ3) is 3.07. The van der Waals surface area contributed by atoms with Crippen molar-refractivity contribution in [1.82, 2.24) is 4.98 Å². The summed E-state index contributed by atoms with van der Waals surface area (Å²) in [5.74, 6) is 0.0493. The molecule has 29 heavy (non-hydrogen) atoms. The van der Waals surface area contributed by atoms with Gasteiger partial charge in [-0.1, -0.05) is 0 Å². The normalized spacial score (nSPS) is 13.4. The number of aryl methyl sites for hydroxylation is 1. The number of carbonyl (C=O) groups excluding carboxylic acids is 1. The maximum Gasteiger partial charge on any atom is 0.267 e. The van der Waals surface area contributed by atoms with Crippen LogP contribution in [0.1, 0.15) is 33.8 Å². The molecule has 5 rings (SSSR count). The van der Waals surface area contributed by atoms with E-state index in [9.17, 15) is 9.18 Å². The zero-order chi connectivity index (χ0) is 20.0. The summed E-state index contributed by atoms with van der Waals surface area (Å²) in [6.45, 7) is 0. The van der Waals surface area contributed by atoms with Gasteiger partial charge < -0.3 is 15.5 Å². The van der Waals surface area contributed by atoms with E-state index in [-0.39, 0.29) is 11.7 Å². The lowest BCUT2D eigenvalue weighted by atomic mass is 9.89. The van der Waals surface area contributed by atoms with Crippen molar-refractivity contribution in [3.63, 3.8) is 0 Å². The number of amides is 1. The first kappa shape index (κ1) is 17.9. The van der Waals surface area contributed by atoms with Crippen LogP contribution in [-0.2, 0) is 12.8 Å². The molecule has 1 amide bonds. The van der Waals surface area contributed by atoms with Crippen LogP contribution in [0.15, 0.2) is 47.1 Å². The summed E-state index contributed by atoms with van der Waals surface area (Å²) < 4.78 is 18.8. The lowest BCUT2D eigenvalue weighted by molar-refractivity contribution is 0.103. The maximum absolute atomic E-state index is 13.1. The van der Waals surface area contributed by atoms with Gasteiger partial charge in [0.25, 0.3) is 5.91 Å². The van der Waals surface area contributed by atoms with Gasteiger partial charge in [0.05, 0.1) is 12.0 Å². The predicted molar refractivity (Wildman–Crippen MR) is 113 cm³/mol. The smallest absolute Gasteiger partial charge is 0.267 e. The van der Waals surface area contributed by atoms with Gasteiger partial charge in [-0.25, -0.2) is 9.37 Å². The van der Waals surface area contributed by atoms with Crippen LogP contribution in [-0.4, -0.2) is 10.9 Å². The quantitative estimate of drug-likeness (QED) is 0.476. The molecule has 0 fully saturated rings. The second-order valence-electron chi connectivity index (χ2n) is 7.08. The zero-order valence-corrected chi connectivity index (χ0v) is 16.3. The molecular weight excluding hydrogens is 389 g/mol. The molecule has 146 valence electrons. The molecule has 0 atom stereocenters. The van der Waals surface area contributed by atoms with Crippen LogP contribution in [0.4, 0.5) is 15.8 Å². The van der Waals surface area contributed by atoms with Crippen molar-refractivity contribution < 1.29 is 13.6 Å². The van der Waals surface area contributed by atoms with E-state index in [0.29, 0.717) is 16.3 Å². The summed E-state index contributed by atoms with van der Waals surface area (Å²) in [6, 6.07) is 9.40. The summed E-state index contributed by atoms with van der Waals surface area (Å²) in [5.41, 5.74) is 10.5. The molecule has 1 aromatic carbocycles. The highest BCUT2D eigenvalue weighted by molar-refractivity contribution is 7.21. The fourth-order valence-electron chi connectivity index (χ4n) is 3.89. The highest BCUT2D eigenvalue weighted by Gasteiger charge is 2.26. The lowest BCUT2D eigenvalue weighted by Gasteiger charge is -2.18. The van der Waals surface area contributed by atoms with Crippen molar-refractivity contribution in [3.05, 3.63) is 64.6 Å². The Kier molecular flexibility index (Phi) is 4.32. The van der Waals surface area contributed by atoms with E-state index in [1.54, 1.807) is 6.26 Å². The van der Waals surface area contributed by atoms with Crippen molar-refractivity contribution in [2.24, 2.45) is 0 Å². The molecule has 0 radical (unpaired) electrons. The fourth-order valence-corrected chi connectivity index (χ4v) is 4.91. The molecule has 1 aliphatic carbocycles. The van der Waals surface area contributed by atoms with Gasteiger partial charge in [0.1, 0.15) is 21.3 Å². The van der Waals surface area contributed by atoms with Gasteiger partial charge in [0.15, 0.2) is 0 Å². The molecule has 7 heteroatoms. The number of thiophene rings is 1. The molecule has 0 saturated heterocycles. The monoisotopic (exact) mass is 407 g/mol. The Morgan fingerprint density at radius 3 is 2.72 bits per heavy atom. The van der Waals surface area contributed by atoms with Crippen molar-refractivity contribution in [2.75, 3.05) is 11.1 Å². The van der Waals surface area contributed by atoms with Gasteiger partial charge >= 0.3 is 0 Å². The Balaban J connectivity index is 1.65. The van der Waals surface area contributed by atoms with Crippen LogP contribution < -0.4 is 11.1 Å². The SMILES string of the molecule is Nc1c(C(=O)Nc2ccc(F)cc2)sc2nc3c(c(-c4ccco4)c12)CCCC3. The highest BCUT2D eigenvalue weighted by Crippen LogP contribution is 2.44. The molecule has 3 heterocycles. The van der Waals surface area contributed by atoms with Gasteiger partial charge in [-0.15, -0.1) is 11.3 Å². The summed E-state index contributed by atoms with van der Waals surface area (Å²) in [4.78, 5) is 18.8. The van der Waals surface area contributed by atoms with E-state index in [1.807, 2.05) is 12.1 Å². The van der Waals surface area contributed by atoms with Crippen molar-refractivity contribution in [3.8, 4) is 11.3 Å². The summed E-state index contributed by atoms with van der Waals surface area (Å²) in [7, 11) is 0. The third-order valence-electron chi connectivity index (χ3n) is 5.23. The first-order valence-electron chi connectivity index (χ1n) is 9.46. The van der Waals surface area contributed by atoms with E-state index < -0.39 is 0 Å². The summed E-state index contributed by atoms with van der Waals surface area (Å²) in [5, 5.41) is 3.56. The number of nitrogens with zero attached hydrogens (tertiary/aromatic N) is 1. The van der Waals surface area contributed by atoms with Gasteiger partial charge in [0, 0.05) is 22.3 Å². The van der Waals surface area contributed by atoms with Gasteiger partial charge in [-0.2, -0.15) is 0 Å². The Labute approximate surface area is 170 Å². The van der Waals surface area contributed by atoms with E-state index in [1.165, 1.54) is 35.6 Å². The average molecular weight is 407 g/mol. The molecule has 5 nitrogen and oxygen atoms in total. The Bertz CT molecular complexity index is 1210. The second-order valence-corrected chi connectivity index (χ2v) is 8.08. The minimum absolute atomic E-state index is 0.333. The molecule has 4 aromatic rings. The fraction of sp³-hybridized carbons (Fsp3) is 0.182. The lowest BCUT2D eigenvalue weighted by Crippen LogP contribution is -2.12. The number of nitrogens with one attached hydrogen (secondary N) is 1. The van der Waals surface area contributed by atoms with Crippen LogP contribution >= 0.6 is 11.3 Å². The molecule has 0 bridgehead atoms. The molecule has 0 aliphatic heterocycles. The van der Waals surface area contributed by atoms with E-state index in [0.717, 1.165) is 58.5 Å². The number of nitrogens with two attached hydrogens (primary N) is 1. The largest absolute Gasteiger partial charge is 0.464 e. The summed E-state index contributed by atoms with van der Waals surface area (Å²) >= 11 is 1.27. The van der Waals surface area contributed by atoms with Crippen LogP contribution in [0.5, 0.6) is 0 Å². The molecule has 0 unspecified atom stereocenters. The number of rotatable bonds is 3. The predicted octanol–water partition coefficient (Wildman–Crippen LogP) is 5.41. The van der Waals surface area contributed by atoms with Gasteiger partial charge in [0.2, 0.25) is 0 Å². The first-order valence-corrected chi connectivity index (χ1v) is 10.3. The number of carbonyl (C=O) groups is 1. The molecule has 1 aliphatic rings. The van der Waals surface area contributed by atoms with Gasteiger partial charge in [-0.05, 0) is 67.6 Å². The number of hydrogen-bond donors (Lipinski definition) is 2. The number of aromatic nitrogens is 1. The third-order valence-corrected chi connectivity index (χ3v) is 6.33. The minimum atomic E-state index is -0.359. The number of furan rings is 1. The molecule has 3 aromatic heterocycles. The number of fused-ring (bicyclic) bond motifs is 2. The highest BCUT2D eigenvalue weighted by atomic mass is 32.1. The Morgan fingerprint density at radius 1 is 1.17 bits per heavy atom. The molecule has 3 N–H and O–H groups in total. The number of benzene rings is 1. The number of nitrogen functional groups attached to an aromatic ring is 1. The average Bonchev–Trinajstić information content (AvgIpc) is 3.37. The minimum Gasteiger partial charge on any atom is -0.464 e. The zero-order valence-electron chi connectivity index (χ0n) is 15.5. The van der Waals surface area contributed by atoms with Crippen LogP contribution in [0.25, 0.3) is 21.5 Å². The van der Waals surface area contributed by atoms with Crippen LogP contribution in [0.3, 0.4) is 0 Å². The van der Waals surface area contributed by atoms with E-state index in [4.69, 9.17) is 15.1 Å². The number of pyridine rings is 1. The van der Waals surface area contributed by atoms with Crippen molar-refractivity contribution >= 4 is 38.8 Å². The maximum atomic E-state index is 13.1. The second kappa shape index (κ2) is 7.00. The van der Waals surface area contributed by atoms with Gasteiger partial charge in [-0.3, -0.25) is 4.79 Å². The molecular formula is C22H18FN3O2S. The number of halogens is 1. The van der Waals surface area contributed by atoms with Crippen LogP contribution in [0.2, 0.25) is 0 Å².